The van der Waals surface area contributed by atoms with Gasteiger partial charge in [-0.2, -0.15) is 0 Å². The SMILES string of the molecule is CNC(=O)CN1CCC(NC(=O)c2csc3c2CCCC3)CC1. The van der Waals surface area contributed by atoms with Crippen molar-refractivity contribution in [3.05, 3.63) is 21.4 Å². The third-order valence-electron chi connectivity index (χ3n) is 4.87. The molecule has 0 aromatic carbocycles. The molecule has 0 spiro atoms. The molecule has 1 aliphatic heterocycles. The van der Waals surface area contributed by atoms with Gasteiger partial charge in [0.1, 0.15) is 0 Å². The number of nitrogens with zero attached hydrogens (tertiary/aromatic N) is 1. The highest BCUT2D eigenvalue weighted by molar-refractivity contribution is 7.10. The molecular weight excluding hydrogens is 310 g/mol. The Balaban J connectivity index is 1.52. The first kappa shape index (κ1) is 16.5. The topological polar surface area (TPSA) is 61.4 Å². The molecule has 0 atom stereocenters. The van der Waals surface area contributed by atoms with Crippen LogP contribution in [0, 0.1) is 0 Å². The third kappa shape index (κ3) is 3.93. The Kier molecular flexibility index (Phi) is 5.33. The van der Waals surface area contributed by atoms with Crippen LogP contribution in [-0.2, 0) is 17.6 Å². The number of carbonyl (C=O) groups excluding carboxylic acids is 2. The zero-order valence-electron chi connectivity index (χ0n) is 13.7. The molecule has 2 N–H and O–H groups in total. The molecule has 1 aromatic heterocycles. The van der Waals surface area contributed by atoms with E-state index in [1.807, 2.05) is 5.38 Å². The van der Waals surface area contributed by atoms with Crippen LogP contribution in [0.3, 0.4) is 0 Å². The highest BCUT2D eigenvalue weighted by Crippen LogP contribution is 2.30. The van der Waals surface area contributed by atoms with Crippen LogP contribution >= 0.6 is 11.3 Å². The number of amides is 2. The molecule has 6 heteroatoms. The summed E-state index contributed by atoms with van der Waals surface area (Å²) in [4.78, 5) is 27.5. The van der Waals surface area contributed by atoms with Gasteiger partial charge in [-0.3, -0.25) is 14.5 Å². The van der Waals surface area contributed by atoms with Crippen molar-refractivity contribution in [2.75, 3.05) is 26.7 Å². The Hall–Kier alpha value is -1.40. The van der Waals surface area contributed by atoms with Crippen molar-refractivity contribution in [3.8, 4) is 0 Å². The van der Waals surface area contributed by atoms with E-state index in [0.717, 1.165) is 44.3 Å². The van der Waals surface area contributed by atoms with Gasteiger partial charge in [-0.1, -0.05) is 0 Å². The van der Waals surface area contributed by atoms with E-state index in [1.165, 1.54) is 23.3 Å². The molecule has 1 fully saturated rings. The molecule has 1 saturated heterocycles. The van der Waals surface area contributed by atoms with Gasteiger partial charge in [-0.25, -0.2) is 0 Å². The third-order valence-corrected chi connectivity index (χ3v) is 5.96. The van der Waals surface area contributed by atoms with E-state index in [9.17, 15) is 9.59 Å². The molecule has 1 aliphatic carbocycles. The van der Waals surface area contributed by atoms with Crippen LogP contribution in [0.1, 0.15) is 46.5 Å². The molecule has 5 nitrogen and oxygen atoms in total. The second kappa shape index (κ2) is 7.45. The smallest absolute Gasteiger partial charge is 0.252 e. The molecule has 3 rings (SSSR count). The molecule has 2 aliphatic rings. The quantitative estimate of drug-likeness (QED) is 0.878. The summed E-state index contributed by atoms with van der Waals surface area (Å²) in [5.41, 5.74) is 2.19. The first-order valence-electron chi connectivity index (χ1n) is 8.50. The fourth-order valence-electron chi connectivity index (χ4n) is 3.47. The fourth-order valence-corrected chi connectivity index (χ4v) is 4.59. The molecule has 0 saturated carbocycles. The van der Waals surface area contributed by atoms with E-state index >= 15 is 0 Å². The van der Waals surface area contributed by atoms with Crippen LogP contribution in [-0.4, -0.2) is 49.4 Å². The average molecular weight is 335 g/mol. The molecule has 126 valence electrons. The van der Waals surface area contributed by atoms with E-state index in [-0.39, 0.29) is 17.9 Å². The highest BCUT2D eigenvalue weighted by Gasteiger charge is 2.25. The minimum absolute atomic E-state index is 0.0531. The van der Waals surface area contributed by atoms with Gasteiger partial charge in [0.25, 0.3) is 5.91 Å². The first-order valence-corrected chi connectivity index (χ1v) is 9.38. The summed E-state index contributed by atoms with van der Waals surface area (Å²) in [6.07, 6.45) is 6.45. The van der Waals surface area contributed by atoms with Crippen molar-refractivity contribution in [1.29, 1.82) is 0 Å². The number of carbonyl (C=O) groups is 2. The lowest BCUT2D eigenvalue weighted by Crippen LogP contribution is -2.47. The molecule has 1 aromatic rings. The van der Waals surface area contributed by atoms with Crippen molar-refractivity contribution < 1.29 is 9.59 Å². The van der Waals surface area contributed by atoms with E-state index < -0.39 is 0 Å². The molecule has 2 amide bonds. The summed E-state index contributed by atoms with van der Waals surface area (Å²) in [6.45, 7) is 2.18. The van der Waals surface area contributed by atoms with Gasteiger partial charge in [0.05, 0.1) is 12.1 Å². The van der Waals surface area contributed by atoms with Crippen LogP contribution in [0.2, 0.25) is 0 Å². The second-order valence-corrected chi connectivity index (χ2v) is 7.42. The molecule has 0 radical (unpaired) electrons. The van der Waals surface area contributed by atoms with Crippen molar-refractivity contribution in [2.45, 2.75) is 44.6 Å². The summed E-state index contributed by atoms with van der Waals surface area (Å²) in [5.74, 6) is 0.145. The molecule has 23 heavy (non-hydrogen) atoms. The largest absolute Gasteiger partial charge is 0.358 e. The van der Waals surface area contributed by atoms with E-state index in [1.54, 1.807) is 18.4 Å². The standard InChI is InChI=1S/C17H25N3O2S/c1-18-16(21)10-20-8-6-12(7-9-20)19-17(22)14-11-23-15-5-3-2-4-13(14)15/h11-12H,2-10H2,1H3,(H,18,21)(H,19,22). The van der Waals surface area contributed by atoms with Gasteiger partial charge in [0, 0.05) is 36.4 Å². The number of rotatable bonds is 4. The second-order valence-electron chi connectivity index (χ2n) is 6.46. The van der Waals surface area contributed by atoms with Crippen LogP contribution in [0.5, 0.6) is 0 Å². The molecular formula is C17H25N3O2S. The zero-order valence-corrected chi connectivity index (χ0v) is 14.5. The Morgan fingerprint density at radius 2 is 2.00 bits per heavy atom. The lowest BCUT2D eigenvalue weighted by atomic mass is 9.95. The lowest BCUT2D eigenvalue weighted by Gasteiger charge is -2.31. The van der Waals surface area contributed by atoms with Gasteiger partial charge < -0.3 is 10.6 Å². The molecule has 0 bridgehead atoms. The fraction of sp³-hybridized carbons (Fsp3) is 0.647. The number of hydrogen-bond acceptors (Lipinski definition) is 4. The van der Waals surface area contributed by atoms with Gasteiger partial charge in [0.2, 0.25) is 5.91 Å². The monoisotopic (exact) mass is 335 g/mol. The van der Waals surface area contributed by atoms with Crippen molar-refractivity contribution in [1.82, 2.24) is 15.5 Å². The lowest BCUT2D eigenvalue weighted by molar-refractivity contribution is -0.122. The van der Waals surface area contributed by atoms with Crippen LogP contribution in [0.15, 0.2) is 5.38 Å². The number of piperidine rings is 1. The number of aryl methyl sites for hydroxylation is 1. The van der Waals surface area contributed by atoms with Crippen LogP contribution < -0.4 is 10.6 Å². The summed E-state index contributed by atoms with van der Waals surface area (Å²) >= 11 is 1.74. The maximum Gasteiger partial charge on any atom is 0.252 e. The maximum atomic E-state index is 12.6. The Morgan fingerprint density at radius 1 is 1.26 bits per heavy atom. The Labute approximate surface area is 141 Å². The minimum atomic E-state index is 0.0531. The average Bonchev–Trinajstić information content (AvgIpc) is 3.00. The van der Waals surface area contributed by atoms with E-state index in [4.69, 9.17) is 0 Å². The van der Waals surface area contributed by atoms with Gasteiger partial charge in [0.15, 0.2) is 0 Å². The Morgan fingerprint density at radius 3 is 2.74 bits per heavy atom. The maximum absolute atomic E-state index is 12.6. The summed E-state index contributed by atoms with van der Waals surface area (Å²) in [7, 11) is 1.66. The van der Waals surface area contributed by atoms with Gasteiger partial charge in [-0.05, 0) is 44.1 Å². The summed E-state index contributed by atoms with van der Waals surface area (Å²) in [5, 5.41) is 7.89. The van der Waals surface area contributed by atoms with Gasteiger partial charge >= 0.3 is 0 Å². The number of likely N-dealkylation sites (tertiary alicyclic amines) is 1. The molecule has 0 unspecified atom stereocenters. The highest BCUT2D eigenvalue weighted by atomic mass is 32.1. The van der Waals surface area contributed by atoms with Crippen LogP contribution in [0.25, 0.3) is 0 Å². The van der Waals surface area contributed by atoms with Crippen molar-refractivity contribution in [2.24, 2.45) is 0 Å². The number of hydrogen-bond donors (Lipinski definition) is 2. The number of nitrogens with one attached hydrogen (secondary N) is 2. The van der Waals surface area contributed by atoms with Gasteiger partial charge in [-0.15, -0.1) is 11.3 Å². The van der Waals surface area contributed by atoms with Crippen molar-refractivity contribution in [3.63, 3.8) is 0 Å². The first-order chi connectivity index (χ1) is 11.2. The molecule has 2 heterocycles. The normalized spacial score (nSPS) is 19.2. The predicted octanol–water partition coefficient (Wildman–Crippen LogP) is 1.57. The summed E-state index contributed by atoms with van der Waals surface area (Å²) < 4.78 is 0. The minimum Gasteiger partial charge on any atom is -0.358 e. The van der Waals surface area contributed by atoms with Crippen molar-refractivity contribution >= 4 is 23.2 Å². The number of thiophene rings is 1. The Bertz CT molecular complexity index is 576. The number of likely N-dealkylation sites (N-methyl/N-ethyl adjacent to an activating group) is 1. The predicted molar refractivity (Wildman–Crippen MR) is 92.0 cm³/mol. The number of fused-ring (bicyclic) bond motifs is 1. The van der Waals surface area contributed by atoms with E-state index in [0.29, 0.717) is 6.54 Å². The zero-order chi connectivity index (χ0) is 16.2. The summed E-state index contributed by atoms with van der Waals surface area (Å²) in [6, 6.07) is 0.225. The van der Waals surface area contributed by atoms with Crippen LogP contribution in [0.4, 0.5) is 0 Å². The van der Waals surface area contributed by atoms with E-state index in [2.05, 4.69) is 15.5 Å².